The quantitative estimate of drug-likeness (QED) is 0.836. The van der Waals surface area contributed by atoms with Crippen LogP contribution in [0.25, 0.3) is 0 Å². The summed E-state index contributed by atoms with van der Waals surface area (Å²) in [7, 11) is 0. The second-order valence-electron chi connectivity index (χ2n) is 7.29. The minimum absolute atomic E-state index is 0.0625. The number of hydrogen-bond donors (Lipinski definition) is 1. The van der Waals surface area contributed by atoms with E-state index in [1.165, 1.54) is 0 Å². The van der Waals surface area contributed by atoms with Crippen molar-refractivity contribution in [3.05, 3.63) is 0 Å². The molecule has 2 heterocycles. The van der Waals surface area contributed by atoms with Gasteiger partial charge in [-0.25, -0.2) is 0 Å². The number of fused-ring (bicyclic) bond motifs is 1. The molecule has 3 atom stereocenters. The highest BCUT2D eigenvalue weighted by atomic mass is 16.5. The number of likely N-dealkylation sites (tertiary alicyclic amines) is 1. The molecule has 1 amide bonds. The van der Waals surface area contributed by atoms with Crippen LogP contribution in [0.1, 0.15) is 34.1 Å². The van der Waals surface area contributed by atoms with Gasteiger partial charge in [-0.05, 0) is 11.8 Å². The van der Waals surface area contributed by atoms with Crippen molar-refractivity contribution < 1.29 is 19.4 Å². The minimum Gasteiger partial charge on any atom is -0.481 e. The molecule has 2 saturated heterocycles. The lowest BCUT2D eigenvalue weighted by molar-refractivity contribution is -0.157. The molecule has 5 nitrogen and oxygen atoms in total. The monoisotopic (exact) mass is 283 g/mol. The van der Waals surface area contributed by atoms with Crippen LogP contribution in [0.2, 0.25) is 0 Å². The maximum atomic E-state index is 12.6. The molecule has 2 aliphatic rings. The first-order valence-electron chi connectivity index (χ1n) is 7.28. The molecule has 1 N–H and O–H groups in total. The third-order valence-corrected chi connectivity index (χ3v) is 5.11. The SMILES string of the molecule is CC(C(=O)N1C[C@H]2COCC[C@@]2(C(=O)O)C1)C(C)(C)C. The highest BCUT2D eigenvalue weighted by Gasteiger charge is 2.55. The van der Waals surface area contributed by atoms with Gasteiger partial charge < -0.3 is 14.7 Å². The number of carboxylic acids is 1. The highest BCUT2D eigenvalue weighted by Crippen LogP contribution is 2.43. The summed E-state index contributed by atoms with van der Waals surface area (Å²) < 4.78 is 5.41. The lowest BCUT2D eigenvalue weighted by Crippen LogP contribution is -2.45. The van der Waals surface area contributed by atoms with Crippen molar-refractivity contribution in [1.82, 2.24) is 4.90 Å². The van der Waals surface area contributed by atoms with Gasteiger partial charge in [-0.3, -0.25) is 9.59 Å². The first kappa shape index (κ1) is 15.3. The molecule has 2 fully saturated rings. The number of hydrogen-bond acceptors (Lipinski definition) is 3. The number of aliphatic carboxylic acids is 1. The molecule has 0 aromatic carbocycles. The molecule has 5 heteroatoms. The Kier molecular flexibility index (Phi) is 3.84. The Morgan fingerprint density at radius 2 is 2.05 bits per heavy atom. The van der Waals surface area contributed by atoms with Gasteiger partial charge in [0.05, 0.1) is 12.0 Å². The summed E-state index contributed by atoms with van der Waals surface area (Å²) >= 11 is 0. The van der Waals surface area contributed by atoms with Crippen LogP contribution < -0.4 is 0 Å². The Balaban J connectivity index is 2.18. The maximum absolute atomic E-state index is 12.6. The van der Waals surface area contributed by atoms with E-state index >= 15 is 0 Å². The molecular weight excluding hydrogens is 258 g/mol. The molecule has 0 bridgehead atoms. The van der Waals surface area contributed by atoms with E-state index in [-0.39, 0.29) is 23.2 Å². The zero-order valence-electron chi connectivity index (χ0n) is 12.8. The van der Waals surface area contributed by atoms with E-state index in [9.17, 15) is 14.7 Å². The average Bonchev–Trinajstić information content (AvgIpc) is 2.76. The van der Waals surface area contributed by atoms with E-state index in [4.69, 9.17) is 4.74 Å². The van der Waals surface area contributed by atoms with Gasteiger partial charge in [-0.2, -0.15) is 0 Å². The van der Waals surface area contributed by atoms with Gasteiger partial charge in [0.15, 0.2) is 0 Å². The van der Waals surface area contributed by atoms with Gasteiger partial charge in [0.2, 0.25) is 5.91 Å². The van der Waals surface area contributed by atoms with Crippen LogP contribution in [0.15, 0.2) is 0 Å². The van der Waals surface area contributed by atoms with Crippen molar-refractivity contribution in [1.29, 1.82) is 0 Å². The summed E-state index contributed by atoms with van der Waals surface area (Å²) in [5, 5.41) is 9.60. The zero-order chi connectivity index (χ0) is 15.1. The van der Waals surface area contributed by atoms with Crippen LogP contribution in [0.4, 0.5) is 0 Å². The summed E-state index contributed by atoms with van der Waals surface area (Å²) in [5.41, 5.74) is -0.913. The lowest BCUT2D eigenvalue weighted by atomic mass is 9.74. The Bertz CT molecular complexity index is 415. The standard InChI is InChI=1S/C15H25NO4/c1-10(14(2,3)4)12(17)16-7-11-8-20-6-5-15(11,9-16)13(18)19/h10-11H,5-9H2,1-4H3,(H,18,19)/t10?,11-,15+/m0/s1. The Hall–Kier alpha value is -1.10. The molecule has 0 saturated carbocycles. The number of ether oxygens (including phenoxy) is 1. The van der Waals surface area contributed by atoms with Gasteiger partial charge >= 0.3 is 5.97 Å². The van der Waals surface area contributed by atoms with E-state index in [2.05, 4.69) is 0 Å². The Morgan fingerprint density at radius 3 is 2.55 bits per heavy atom. The van der Waals surface area contributed by atoms with Crippen molar-refractivity contribution in [3.63, 3.8) is 0 Å². The van der Waals surface area contributed by atoms with Crippen molar-refractivity contribution in [3.8, 4) is 0 Å². The van der Waals surface area contributed by atoms with Crippen molar-refractivity contribution in [2.45, 2.75) is 34.1 Å². The van der Waals surface area contributed by atoms with E-state index < -0.39 is 11.4 Å². The topological polar surface area (TPSA) is 66.8 Å². The predicted octanol–water partition coefficient (Wildman–Crippen LogP) is 1.62. The highest BCUT2D eigenvalue weighted by molar-refractivity contribution is 5.83. The fourth-order valence-corrected chi connectivity index (χ4v) is 3.11. The molecule has 0 aromatic rings. The van der Waals surface area contributed by atoms with E-state index in [1.54, 1.807) is 4.90 Å². The summed E-state index contributed by atoms with van der Waals surface area (Å²) in [6, 6.07) is 0. The van der Waals surface area contributed by atoms with Crippen LogP contribution in [-0.2, 0) is 14.3 Å². The van der Waals surface area contributed by atoms with Crippen LogP contribution in [0.5, 0.6) is 0 Å². The minimum atomic E-state index is -0.800. The molecule has 0 spiro atoms. The van der Waals surface area contributed by atoms with Gasteiger partial charge in [0, 0.05) is 31.5 Å². The maximum Gasteiger partial charge on any atom is 0.311 e. The zero-order valence-corrected chi connectivity index (χ0v) is 12.8. The second-order valence-corrected chi connectivity index (χ2v) is 7.29. The summed E-state index contributed by atoms with van der Waals surface area (Å²) in [6.07, 6.45) is 0.501. The Labute approximate surface area is 120 Å². The summed E-state index contributed by atoms with van der Waals surface area (Å²) in [4.78, 5) is 26.0. The molecule has 0 radical (unpaired) electrons. The van der Waals surface area contributed by atoms with Gasteiger partial charge in [-0.1, -0.05) is 27.7 Å². The summed E-state index contributed by atoms with van der Waals surface area (Å²) in [6.45, 7) is 9.79. The van der Waals surface area contributed by atoms with E-state index in [1.807, 2.05) is 27.7 Å². The van der Waals surface area contributed by atoms with Crippen LogP contribution in [0.3, 0.4) is 0 Å². The number of nitrogens with zero attached hydrogens (tertiary/aromatic N) is 1. The summed E-state index contributed by atoms with van der Waals surface area (Å²) in [5.74, 6) is -0.920. The Morgan fingerprint density at radius 1 is 1.40 bits per heavy atom. The first-order valence-corrected chi connectivity index (χ1v) is 7.28. The molecule has 20 heavy (non-hydrogen) atoms. The largest absolute Gasteiger partial charge is 0.481 e. The first-order chi connectivity index (χ1) is 9.18. The number of amides is 1. The van der Waals surface area contributed by atoms with Gasteiger partial charge in [0.1, 0.15) is 0 Å². The third kappa shape index (κ3) is 2.43. The number of carbonyl (C=O) groups excluding carboxylic acids is 1. The van der Waals surface area contributed by atoms with Crippen molar-refractivity contribution in [2.24, 2.45) is 22.7 Å². The smallest absolute Gasteiger partial charge is 0.311 e. The second kappa shape index (κ2) is 5.02. The molecule has 0 aliphatic carbocycles. The van der Waals surface area contributed by atoms with E-state index in [0.717, 1.165) is 0 Å². The normalized spacial score (nSPS) is 31.8. The molecule has 114 valence electrons. The molecule has 2 rings (SSSR count). The van der Waals surface area contributed by atoms with E-state index in [0.29, 0.717) is 32.7 Å². The van der Waals surface area contributed by atoms with Crippen LogP contribution in [-0.4, -0.2) is 48.2 Å². The van der Waals surface area contributed by atoms with Gasteiger partial charge in [-0.15, -0.1) is 0 Å². The van der Waals surface area contributed by atoms with Crippen LogP contribution >= 0.6 is 0 Å². The van der Waals surface area contributed by atoms with Crippen molar-refractivity contribution >= 4 is 11.9 Å². The van der Waals surface area contributed by atoms with Crippen LogP contribution in [0, 0.1) is 22.7 Å². The number of rotatable bonds is 2. The fraction of sp³-hybridized carbons (Fsp3) is 0.867. The third-order valence-electron chi connectivity index (χ3n) is 5.11. The average molecular weight is 283 g/mol. The molecule has 1 unspecified atom stereocenters. The van der Waals surface area contributed by atoms with Crippen molar-refractivity contribution in [2.75, 3.05) is 26.3 Å². The molecule has 2 aliphatic heterocycles. The van der Waals surface area contributed by atoms with Gasteiger partial charge in [0.25, 0.3) is 0 Å². The number of carboxylic acid groups (broad SMARTS) is 1. The predicted molar refractivity (Wildman–Crippen MR) is 74.2 cm³/mol. The number of carbonyl (C=O) groups is 2. The molecular formula is C15H25NO4. The lowest BCUT2D eigenvalue weighted by Gasteiger charge is -2.34. The fourth-order valence-electron chi connectivity index (χ4n) is 3.11. The molecule has 0 aromatic heterocycles.